The van der Waals surface area contributed by atoms with Crippen LogP contribution in [0.1, 0.15) is 24.0 Å². The summed E-state index contributed by atoms with van der Waals surface area (Å²) in [6, 6.07) is 4.43. The topological polar surface area (TPSA) is 72.2 Å². The second-order valence-electron chi connectivity index (χ2n) is 4.46. The van der Waals surface area contributed by atoms with Crippen molar-refractivity contribution in [2.45, 2.75) is 30.8 Å². The molecular weight excluding hydrogens is 325 g/mol. The number of nitrogens with one attached hydrogen (secondary N) is 1. The minimum atomic E-state index is -4.30. The molecule has 0 atom stereocenters. The van der Waals surface area contributed by atoms with Crippen molar-refractivity contribution in [1.29, 1.82) is 0 Å². The summed E-state index contributed by atoms with van der Waals surface area (Å²) in [6.45, 7) is 1.28. The fourth-order valence-corrected chi connectivity index (χ4v) is 3.09. The molecule has 3 N–H and O–H groups in total. The number of halogens is 3. The van der Waals surface area contributed by atoms with E-state index in [4.69, 9.17) is 18.0 Å². The number of alkyl halides is 3. The van der Waals surface area contributed by atoms with E-state index in [0.29, 0.717) is 11.1 Å². The van der Waals surface area contributed by atoms with Crippen LogP contribution in [0.25, 0.3) is 0 Å². The fourth-order valence-electron chi connectivity index (χ4n) is 1.62. The molecule has 0 bridgehead atoms. The summed E-state index contributed by atoms with van der Waals surface area (Å²) in [7, 11) is -3.90. The zero-order valence-electron chi connectivity index (χ0n) is 11.2. The van der Waals surface area contributed by atoms with E-state index in [1.54, 1.807) is 19.1 Å². The van der Waals surface area contributed by atoms with Crippen LogP contribution in [0.4, 0.5) is 13.2 Å². The zero-order valence-corrected chi connectivity index (χ0v) is 12.8. The van der Waals surface area contributed by atoms with Crippen LogP contribution in [0.5, 0.6) is 0 Å². The molecule has 0 aliphatic heterocycles. The van der Waals surface area contributed by atoms with Gasteiger partial charge in [0, 0.05) is 18.5 Å². The molecule has 0 amide bonds. The van der Waals surface area contributed by atoms with Crippen molar-refractivity contribution in [2.24, 2.45) is 5.73 Å². The van der Waals surface area contributed by atoms with Crippen molar-refractivity contribution in [2.75, 3.05) is 6.54 Å². The van der Waals surface area contributed by atoms with Crippen LogP contribution >= 0.6 is 12.2 Å². The van der Waals surface area contributed by atoms with Crippen molar-refractivity contribution in [1.82, 2.24) is 4.72 Å². The lowest BCUT2D eigenvalue weighted by atomic mass is 10.1. The first kappa shape index (κ1) is 17.9. The number of nitrogens with two attached hydrogens (primary N) is 1. The molecule has 9 heteroatoms. The highest BCUT2D eigenvalue weighted by molar-refractivity contribution is 7.89. The Morgan fingerprint density at radius 1 is 1.38 bits per heavy atom. The Labute approximate surface area is 126 Å². The standard InChI is InChI=1S/C12H15F3N2O2S2/c1-8-3-4-9(11(16)20)7-10(8)21(18,19)17-6-2-5-12(13,14)15/h3-4,7,17H,2,5-6H2,1H3,(H2,16,20). The van der Waals surface area contributed by atoms with Gasteiger partial charge < -0.3 is 5.73 Å². The number of sulfonamides is 1. The lowest BCUT2D eigenvalue weighted by Gasteiger charge is -2.11. The molecule has 21 heavy (non-hydrogen) atoms. The highest BCUT2D eigenvalue weighted by atomic mass is 32.2. The Morgan fingerprint density at radius 2 is 2.00 bits per heavy atom. The van der Waals surface area contributed by atoms with Crippen molar-refractivity contribution >= 4 is 27.2 Å². The van der Waals surface area contributed by atoms with Crippen LogP contribution in [-0.4, -0.2) is 26.1 Å². The molecule has 0 radical (unpaired) electrons. The molecular formula is C12H15F3N2O2S2. The number of benzene rings is 1. The predicted molar refractivity (Wildman–Crippen MR) is 77.5 cm³/mol. The van der Waals surface area contributed by atoms with Gasteiger partial charge in [0.05, 0.1) is 4.90 Å². The minimum Gasteiger partial charge on any atom is -0.389 e. The first-order valence-corrected chi connectivity index (χ1v) is 7.89. The second-order valence-corrected chi connectivity index (χ2v) is 6.64. The fraction of sp³-hybridized carbons (Fsp3) is 0.417. The molecule has 1 aromatic carbocycles. The van der Waals surface area contributed by atoms with Crippen molar-refractivity contribution in [3.8, 4) is 0 Å². The van der Waals surface area contributed by atoms with Crippen LogP contribution in [-0.2, 0) is 10.0 Å². The summed E-state index contributed by atoms with van der Waals surface area (Å²) in [4.78, 5) is 0.00308. The Balaban J connectivity index is 2.83. The van der Waals surface area contributed by atoms with Crippen LogP contribution in [0.15, 0.2) is 23.1 Å². The van der Waals surface area contributed by atoms with Crippen molar-refractivity contribution in [3.63, 3.8) is 0 Å². The van der Waals surface area contributed by atoms with Gasteiger partial charge in [0.1, 0.15) is 4.99 Å². The number of hydrogen-bond acceptors (Lipinski definition) is 3. The number of rotatable bonds is 6. The molecule has 1 aromatic rings. The first-order valence-electron chi connectivity index (χ1n) is 6.00. The van der Waals surface area contributed by atoms with E-state index in [-0.39, 0.29) is 22.8 Å². The lowest BCUT2D eigenvalue weighted by Crippen LogP contribution is -2.27. The summed E-state index contributed by atoms with van der Waals surface area (Å²) in [5.74, 6) is 0. The van der Waals surface area contributed by atoms with E-state index in [2.05, 4.69) is 4.72 Å². The lowest BCUT2D eigenvalue weighted by molar-refractivity contribution is -0.135. The van der Waals surface area contributed by atoms with Gasteiger partial charge in [-0.15, -0.1) is 0 Å². The smallest absolute Gasteiger partial charge is 0.389 e. The Hall–Kier alpha value is -1.19. The van der Waals surface area contributed by atoms with Crippen LogP contribution in [0.3, 0.4) is 0 Å². The molecule has 4 nitrogen and oxygen atoms in total. The van der Waals surface area contributed by atoms with Gasteiger partial charge in [0.2, 0.25) is 10.0 Å². The third-order valence-corrected chi connectivity index (χ3v) is 4.53. The van der Waals surface area contributed by atoms with E-state index in [1.165, 1.54) is 6.07 Å². The van der Waals surface area contributed by atoms with Crippen LogP contribution in [0, 0.1) is 6.92 Å². The predicted octanol–water partition coefficient (Wildman–Crippen LogP) is 2.25. The zero-order chi connectivity index (χ0) is 16.3. The molecule has 0 aliphatic carbocycles. The monoisotopic (exact) mass is 340 g/mol. The van der Waals surface area contributed by atoms with Crippen LogP contribution in [0.2, 0.25) is 0 Å². The molecule has 0 saturated carbocycles. The van der Waals surface area contributed by atoms with Crippen LogP contribution < -0.4 is 10.5 Å². The molecule has 0 fully saturated rings. The summed E-state index contributed by atoms with van der Waals surface area (Å²) in [5.41, 5.74) is 6.27. The van der Waals surface area contributed by atoms with Gasteiger partial charge >= 0.3 is 6.18 Å². The summed E-state index contributed by atoms with van der Waals surface area (Å²) in [6.07, 6.45) is -5.66. The maximum atomic E-state index is 12.1. The number of thiocarbonyl (C=S) groups is 1. The molecule has 0 aromatic heterocycles. The SMILES string of the molecule is Cc1ccc(C(N)=S)cc1S(=O)(=O)NCCCC(F)(F)F. The molecule has 0 heterocycles. The third kappa shape index (κ3) is 5.60. The van der Waals surface area contributed by atoms with Gasteiger partial charge in [0.25, 0.3) is 0 Å². The third-order valence-electron chi connectivity index (χ3n) is 2.69. The highest BCUT2D eigenvalue weighted by Gasteiger charge is 2.26. The summed E-state index contributed by atoms with van der Waals surface area (Å²) in [5, 5.41) is 0. The van der Waals surface area contributed by atoms with E-state index in [0.717, 1.165) is 0 Å². The Bertz CT molecular complexity index is 628. The van der Waals surface area contributed by atoms with Crippen molar-refractivity contribution in [3.05, 3.63) is 29.3 Å². The van der Waals surface area contributed by atoms with E-state index >= 15 is 0 Å². The van der Waals surface area contributed by atoms with Gasteiger partial charge in [-0.25, -0.2) is 13.1 Å². The summed E-state index contributed by atoms with van der Waals surface area (Å²) < 4.78 is 62.3. The molecule has 118 valence electrons. The Morgan fingerprint density at radius 3 is 2.52 bits per heavy atom. The van der Waals surface area contributed by atoms with Crippen molar-refractivity contribution < 1.29 is 21.6 Å². The second kappa shape index (κ2) is 6.71. The maximum Gasteiger partial charge on any atom is 0.389 e. The normalized spacial score (nSPS) is 12.4. The summed E-state index contributed by atoms with van der Waals surface area (Å²) >= 11 is 4.77. The van der Waals surface area contributed by atoms with E-state index in [9.17, 15) is 21.6 Å². The first-order chi connectivity index (χ1) is 9.53. The van der Waals surface area contributed by atoms with Gasteiger partial charge in [-0.2, -0.15) is 13.2 Å². The quantitative estimate of drug-likeness (QED) is 0.615. The van der Waals surface area contributed by atoms with Gasteiger partial charge in [-0.1, -0.05) is 24.4 Å². The van der Waals surface area contributed by atoms with Gasteiger partial charge in [0.15, 0.2) is 0 Å². The number of hydrogen-bond donors (Lipinski definition) is 2. The van der Waals surface area contributed by atoms with Gasteiger partial charge in [-0.3, -0.25) is 0 Å². The van der Waals surface area contributed by atoms with E-state index in [1.807, 2.05) is 0 Å². The average Bonchev–Trinajstić information content (AvgIpc) is 2.33. The van der Waals surface area contributed by atoms with E-state index < -0.39 is 22.6 Å². The molecule has 1 rings (SSSR count). The maximum absolute atomic E-state index is 12.1. The highest BCUT2D eigenvalue weighted by Crippen LogP contribution is 2.21. The molecule has 0 spiro atoms. The number of aryl methyl sites for hydroxylation is 1. The average molecular weight is 340 g/mol. The largest absolute Gasteiger partial charge is 0.389 e. The molecule has 0 aliphatic rings. The van der Waals surface area contributed by atoms with Gasteiger partial charge in [-0.05, 0) is 25.0 Å². The minimum absolute atomic E-state index is 0.0418. The molecule has 0 saturated heterocycles. The Kier molecular flexibility index (Phi) is 5.71. The molecule has 0 unspecified atom stereocenters.